The molecular formula is C17H28FN3. The molecule has 1 atom stereocenters. The monoisotopic (exact) mass is 293 g/mol. The number of hydrogen-bond donors (Lipinski definition) is 1. The molecule has 1 aliphatic rings. The van der Waals surface area contributed by atoms with Crippen LogP contribution in [0.3, 0.4) is 0 Å². The van der Waals surface area contributed by atoms with Crippen molar-refractivity contribution in [1.82, 2.24) is 15.1 Å². The van der Waals surface area contributed by atoms with Crippen molar-refractivity contribution in [3.63, 3.8) is 0 Å². The van der Waals surface area contributed by atoms with Gasteiger partial charge in [-0.05, 0) is 45.5 Å². The first-order valence-electron chi connectivity index (χ1n) is 7.81. The van der Waals surface area contributed by atoms with Gasteiger partial charge in [0.1, 0.15) is 5.82 Å². The second-order valence-corrected chi connectivity index (χ2v) is 6.76. The van der Waals surface area contributed by atoms with Gasteiger partial charge in [-0.3, -0.25) is 4.90 Å². The van der Waals surface area contributed by atoms with Crippen molar-refractivity contribution in [1.29, 1.82) is 0 Å². The predicted octanol–water partition coefficient (Wildman–Crippen LogP) is 2.50. The molecule has 118 valence electrons. The number of likely N-dealkylation sites (N-methyl/N-ethyl adjacent to an activating group) is 1. The number of benzene rings is 1. The van der Waals surface area contributed by atoms with E-state index in [9.17, 15) is 4.39 Å². The van der Waals surface area contributed by atoms with Gasteiger partial charge in [-0.1, -0.05) is 12.1 Å². The zero-order chi connectivity index (χ0) is 15.5. The molecule has 2 rings (SSSR count). The molecule has 1 aliphatic heterocycles. The maximum absolute atomic E-state index is 13.0. The third-order valence-electron chi connectivity index (χ3n) is 4.57. The molecule has 0 radical (unpaired) electrons. The highest BCUT2D eigenvalue weighted by molar-refractivity contribution is 5.19. The molecule has 0 amide bonds. The number of hydrogen-bond acceptors (Lipinski definition) is 3. The lowest BCUT2D eigenvalue weighted by atomic mass is 10.00. The highest BCUT2D eigenvalue weighted by Crippen LogP contribution is 2.18. The molecular weight excluding hydrogens is 265 g/mol. The Bertz CT molecular complexity index is 436. The molecule has 1 N–H and O–H groups in total. The fraction of sp³-hybridized carbons (Fsp3) is 0.647. The van der Waals surface area contributed by atoms with E-state index >= 15 is 0 Å². The summed E-state index contributed by atoms with van der Waals surface area (Å²) in [6, 6.07) is 7.00. The molecule has 1 fully saturated rings. The Hall–Kier alpha value is -0.970. The van der Waals surface area contributed by atoms with Crippen molar-refractivity contribution in [3.05, 3.63) is 35.6 Å². The Morgan fingerprint density at radius 2 is 1.71 bits per heavy atom. The van der Waals surface area contributed by atoms with Gasteiger partial charge >= 0.3 is 0 Å². The van der Waals surface area contributed by atoms with Crippen LogP contribution in [0.15, 0.2) is 24.3 Å². The van der Waals surface area contributed by atoms with Crippen molar-refractivity contribution in [3.8, 4) is 0 Å². The molecule has 21 heavy (non-hydrogen) atoms. The number of rotatable bonds is 5. The van der Waals surface area contributed by atoms with E-state index in [0.717, 1.165) is 38.3 Å². The first-order valence-corrected chi connectivity index (χ1v) is 7.81. The summed E-state index contributed by atoms with van der Waals surface area (Å²) in [5.41, 5.74) is 1.26. The van der Waals surface area contributed by atoms with Crippen LogP contribution in [-0.4, -0.2) is 55.1 Å². The average molecular weight is 293 g/mol. The van der Waals surface area contributed by atoms with Gasteiger partial charge in [-0.15, -0.1) is 0 Å². The molecule has 0 bridgehead atoms. The predicted molar refractivity (Wildman–Crippen MR) is 86.0 cm³/mol. The molecule has 1 heterocycles. The maximum Gasteiger partial charge on any atom is 0.123 e. The van der Waals surface area contributed by atoms with Crippen LogP contribution in [0.1, 0.15) is 32.4 Å². The first kappa shape index (κ1) is 16.4. The lowest BCUT2D eigenvalue weighted by molar-refractivity contribution is 0.0605. The van der Waals surface area contributed by atoms with E-state index in [1.807, 2.05) is 12.1 Å². The lowest BCUT2D eigenvalue weighted by Gasteiger charge is -2.43. The molecule has 1 unspecified atom stereocenters. The molecule has 0 aromatic heterocycles. The summed E-state index contributed by atoms with van der Waals surface area (Å²) >= 11 is 0. The fourth-order valence-corrected chi connectivity index (χ4v) is 2.80. The van der Waals surface area contributed by atoms with E-state index in [1.54, 1.807) is 0 Å². The number of halogens is 1. The smallest absolute Gasteiger partial charge is 0.123 e. The van der Waals surface area contributed by atoms with Gasteiger partial charge in [-0.2, -0.15) is 0 Å². The minimum atomic E-state index is -0.177. The van der Waals surface area contributed by atoms with Crippen LogP contribution in [0.4, 0.5) is 4.39 Å². The fourth-order valence-electron chi connectivity index (χ4n) is 2.80. The van der Waals surface area contributed by atoms with Crippen molar-refractivity contribution >= 4 is 0 Å². The summed E-state index contributed by atoms with van der Waals surface area (Å²) in [4.78, 5) is 4.93. The van der Waals surface area contributed by atoms with E-state index in [0.29, 0.717) is 0 Å². The van der Waals surface area contributed by atoms with Crippen LogP contribution in [0.2, 0.25) is 0 Å². The Balaban J connectivity index is 1.87. The van der Waals surface area contributed by atoms with Gasteiger partial charge in [0.25, 0.3) is 0 Å². The highest BCUT2D eigenvalue weighted by Gasteiger charge is 2.29. The molecule has 1 saturated heterocycles. The van der Waals surface area contributed by atoms with Crippen LogP contribution < -0.4 is 5.32 Å². The summed E-state index contributed by atoms with van der Waals surface area (Å²) in [7, 11) is 2.18. The van der Waals surface area contributed by atoms with Gasteiger partial charge in [0.15, 0.2) is 0 Å². The van der Waals surface area contributed by atoms with Crippen molar-refractivity contribution < 1.29 is 4.39 Å². The van der Waals surface area contributed by atoms with Gasteiger partial charge in [0.05, 0.1) is 0 Å². The zero-order valence-electron chi connectivity index (χ0n) is 13.7. The zero-order valence-corrected chi connectivity index (χ0v) is 13.7. The molecule has 1 aromatic rings. The third-order valence-corrected chi connectivity index (χ3v) is 4.57. The molecule has 0 saturated carbocycles. The van der Waals surface area contributed by atoms with E-state index in [4.69, 9.17) is 0 Å². The second kappa shape index (κ2) is 6.86. The Labute approximate surface area is 128 Å². The van der Waals surface area contributed by atoms with E-state index in [1.165, 1.54) is 12.1 Å². The van der Waals surface area contributed by atoms with E-state index < -0.39 is 0 Å². The number of nitrogens with zero attached hydrogens (tertiary/aromatic N) is 2. The van der Waals surface area contributed by atoms with Crippen molar-refractivity contribution in [2.45, 2.75) is 32.4 Å². The van der Waals surface area contributed by atoms with Gasteiger partial charge in [0, 0.05) is 44.3 Å². The summed E-state index contributed by atoms with van der Waals surface area (Å²) < 4.78 is 13.0. The highest BCUT2D eigenvalue weighted by atomic mass is 19.1. The quantitative estimate of drug-likeness (QED) is 0.900. The number of piperazine rings is 1. The molecule has 4 heteroatoms. The Morgan fingerprint density at radius 3 is 2.29 bits per heavy atom. The van der Waals surface area contributed by atoms with Crippen LogP contribution >= 0.6 is 0 Å². The average Bonchev–Trinajstić information content (AvgIpc) is 2.46. The molecule has 3 nitrogen and oxygen atoms in total. The lowest BCUT2D eigenvalue weighted by Crippen LogP contribution is -2.57. The van der Waals surface area contributed by atoms with Gasteiger partial charge < -0.3 is 10.2 Å². The molecule has 0 aliphatic carbocycles. The van der Waals surface area contributed by atoms with Gasteiger partial charge in [0.2, 0.25) is 0 Å². The Kier molecular flexibility index (Phi) is 5.36. The van der Waals surface area contributed by atoms with Crippen molar-refractivity contribution in [2.75, 3.05) is 39.8 Å². The Morgan fingerprint density at radius 1 is 1.14 bits per heavy atom. The van der Waals surface area contributed by atoms with E-state index in [2.05, 4.69) is 42.9 Å². The van der Waals surface area contributed by atoms with E-state index in [-0.39, 0.29) is 17.4 Å². The topological polar surface area (TPSA) is 18.5 Å². The SMILES string of the molecule is CC(NCC(C)(C)N1CCN(C)CC1)c1ccc(F)cc1. The third kappa shape index (κ3) is 4.50. The minimum absolute atomic E-state index is 0.134. The van der Waals surface area contributed by atoms with Crippen molar-refractivity contribution in [2.24, 2.45) is 0 Å². The standard InChI is InChI=1S/C17H28FN3/c1-14(15-5-7-16(18)8-6-15)19-13-17(2,3)21-11-9-20(4)10-12-21/h5-8,14,19H,9-13H2,1-4H3. The first-order chi connectivity index (χ1) is 9.88. The number of nitrogens with one attached hydrogen (secondary N) is 1. The van der Waals surface area contributed by atoms with Crippen LogP contribution in [0, 0.1) is 5.82 Å². The molecule has 0 spiro atoms. The largest absolute Gasteiger partial charge is 0.308 e. The second-order valence-electron chi connectivity index (χ2n) is 6.76. The summed E-state index contributed by atoms with van der Waals surface area (Å²) in [6.45, 7) is 12.2. The normalized spacial score (nSPS) is 19.7. The summed E-state index contributed by atoms with van der Waals surface area (Å²) in [6.07, 6.45) is 0. The van der Waals surface area contributed by atoms with Crippen LogP contribution in [0.25, 0.3) is 0 Å². The van der Waals surface area contributed by atoms with Crippen LogP contribution in [0.5, 0.6) is 0 Å². The summed E-state index contributed by atoms with van der Waals surface area (Å²) in [5.74, 6) is -0.177. The van der Waals surface area contributed by atoms with Crippen LogP contribution in [-0.2, 0) is 0 Å². The summed E-state index contributed by atoms with van der Waals surface area (Å²) in [5, 5.41) is 3.59. The maximum atomic E-state index is 13.0. The minimum Gasteiger partial charge on any atom is -0.308 e. The van der Waals surface area contributed by atoms with Gasteiger partial charge in [-0.25, -0.2) is 4.39 Å². The molecule has 1 aromatic carbocycles.